The fraction of sp³-hybridized carbons (Fsp3) is 0.214. The molecule has 2 aromatic rings. The number of rotatable bonds is 2. The predicted molar refractivity (Wildman–Crippen MR) is 64.4 cm³/mol. The summed E-state index contributed by atoms with van der Waals surface area (Å²) in [7, 11) is 0. The minimum Gasteiger partial charge on any atom is -0.379 e. The van der Waals surface area contributed by atoms with Gasteiger partial charge in [0.05, 0.1) is 11.3 Å². The first-order valence-corrected chi connectivity index (χ1v) is 5.63. The smallest absolute Gasteiger partial charge is 0.379 e. The lowest BCUT2D eigenvalue weighted by Crippen LogP contribution is -2.24. The standard InChI is InChI=1S/C14H12F3NO/c1-13(19,12-7-2-3-8-18-12)10-5-4-6-11(9-10)14(15,16)17/h2-9,19H,1H3. The molecule has 1 aromatic carbocycles. The fourth-order valence-corrected chi connectivity index (χ4v) is 1.80. The van der Waals surface area contributed by atoms with E-state index in [-0.39, 0.29) is 5.56 Å². The third kappa shape index (κ3) is 2.76. The summed E-state index contributed by atoms with van der Waals surface area (Å²) in [6, 6.07) is 9.54. The van der Waals surface area contributed by atoms with E-state index >= 15 is 0 Å². The summed E-state index contributed by atoms with van der Waals surface area (Å²) in [5, 5.41) is 10.4. The Morgan fingerprint density at radius 2 is 1.68 bits per heavy atom. The van der Waals surface area contributed by atoms with Crippen LogP contribution in [-0.2, 0) is 11.8 Å². The van der Waals surface area contributed by atoms with Crippen molar-refractivity contribution in [1.29, 1.82) is 0 Å². The highest BCUT2D eigenvalue weighted by Crippen LogP contribution is 2.34. The second-order valence-corrected chi connectivity index (χ2v) is 4.37. The molecule has 0 bridgehead atoms. The number of alkyl halides is 3. The number of benzene rings is 1. The molecule has 0 saturated heterocycles. The normalized spacial score (nSPS) is 15.0. The Hall–Kier alpha value is -1.88. The van der Waals surface area contributed by atoms with Crippen LogP contribution in [0.4, 0.5) is 13.2 Å². The zero-order valence-corrected chi connectivity index (χ0v) is 10.1. The minimum atomic E-state index is -4.43. The minimum absolute atomic E-state index is 0.154. The van der Waals surface area contributed by atoms with Crippen LogP contribution in [0.5, 0.6) is 0 Å². The Kier molecular flexibility index (Phi) is 3.32. The number of hydrogen-bond acceptors (Lipinski definition) is 2. The molecule has 0 fully saturated rings. The molecular formula is C14H12F3NO. The van der Waals surface area contributed by atoms with Crippen molar-refractivity contribution in [2.75, 3.05) is 0 Å². The van der Waals surface area contributed by atoms with Gasteiger partial charge in [-0.1, -0.05) is 18.2 Å². The van der Waals surface area contributed by atoms with Gasteiger partial charge < -0.3 is 5.11 Å². The highest BCUT2D eigenvalue weighted by molar-refractivity contribution is 5.35. The summed E-state index contributed by atoms with van der Waals surface area (Å²) in [4.78, 5) is 3.99. The molecule has 0 spiro atoms. The summed E-state index contributed by atoms with van der Waals surface area (Å²) in [6.45, 7) is 1.42. The first-order valence-electron chi connectivity index (χ1n) is 5.63. The Balaban J connectivity index is 2.47. The van der Waals surface area contributed by atoms with E-state index in [0.717, 1.165) is 12.1 Å². The molecule has 0 aliphatic heterocycles. The van der Waals surface area contributed by atoms with Crippen molar-refractivity contribution in [3.05, 3.63) is 65.5 Å². The van der Waals surface area contributed by atoms with Gasteiger partial charge in [0.1, 0.15) is 5.60 Å². The Bertz CT molecular complexity index is 564. The Morgan fingerprint density at radius 1 is 1.00 bits per heavy atom. The van der Waals surface area contributed by atoms with Crippen LogP contribution in [0.1, 0.15) is 23.7 Å². The molecule has 0 aliphatic carbocycles. The number of nitrogens with zero attached hydrogens (tertiary/aromatic N) is 1. The zero-order chi connectivity index (χ0) is 14.1. The maximum atomic E-state index is 12.7. The summed E-state index contributed by atoms with van der Waals surface area (Å²) in [6.07, 6.45) is -2.95. The summed E-state index contributed by atoms with van der Waals surface area (Å²) in [5.74, 6) is 0. The molecule has 2 rings (SSSR count). The van der Waals surface area contributed by atoms with E-state index < -0.39 is 17.3 Å². The molecule has 0 radical (unpaired) electrons. The Labute approximate surface area is 108 Å². The van der Waals surface area contributed by atoms with Gasteiger partial charge in [-0.3, -0.25) is 4.98 Å². The first kappa shape index (κ1) is 13.5. The van der Waals surface area contributed by atoms with Gasteiger partial charge in [0.15, 0.2) is 0 Å². The maximum Gasteiger partial charge on any atom is 0.416 e. The van der Waals surface area contributed by atoms with Gasteiger partial charge in [0.2, 0.25) is 0 Å². The molecule has 100 valence electrons. The SMILES string of the molecule is CC(O)(c1cccc(C(F)(F)F)c1)c1ccccn1. The van der Waals surface area contributed by atoms with Crippen LogP contribution in [0.3, 0.4) is 0 Å². The molecule has 2 nitrogen and oxygen atoms in total. The number of aromatic nitrogens is 1. The van der Waals surface area contributed by atoms with Crippen LogP contribution in [0.25, 0.3) is 0 Å². The van der Waals surface area contributed by atoms with Crippen molar-refractivity contribution in [2.45, 2.75) is 18.7 Å². The average Bonchev–Trinajstić information content (AvgIpc) is 2.39. The van der Waals surface area contributed by atoms with Gasteiger partial charge in [0.25, 0.3) is 0 Å². The molecule has 5 heteroatoms. The lowest BCUT2D eigenvalue weighted by Gasteiger charge is -2.24. The van der Waals surface area contributed by atoms with E-state index in [2.05, 4.69) is 4.98 Å². The van der Waals surface area contributed by atoms with Crippen molar-refractivity contribution in [3.63, 3.8) is 0 Å². The van der Waals surface area contributed by atoms with Gasteiger partial charge in [-0.15, -0.1) is 0 Å². The van der Waals surface area contributed by atoms with Crippen LogP contribution in [-0.4, -0.2) is 10.1 Å². The first-order chi connectivity index (χ1) is 8.82. The molecule has 0 aliphatic rings. The number of hydrogen-bond donors (Lipinski definition) is 1. The largest absolute Gasteiger partial charge is 0.416 e. The summed E-state index contributed by atoms with van der Waals surface area (Å²) in [5.41, 5.74) is -1.90. The average molecular weight is 267 g/mol. The van der Waals surface area contributed by atoms with Gasteiger partial charge in [-0.05, 0) is 36.8 Å². The molecule has 1 heterocycles. The van der Waals surface area contributed by atoms with E-state index in [0.29, 0.717) is 5.69 Å². The molecule has 19 heavy (non-hydrogen) atoms. The van der Waals surface area contributed by atoms with E-state index in [1.54, 1.807) is 18.2 Å². The van der Waals surface area contributed by atoms with E-state index in [1.807, 2.05) is 0 Å². The summed E-state index contributed by atoms with van der Waals surface area (Å²) >= 11 is 0. The van der Waals surface area contributed by atoms with Crippen LogP contribution < -0.4 is 0 Å². The van der Waals surface area contributed by atoms with Gasteiger partial charge in [-0.2, -0.15) is 13.2 Å². The number of halogens is 3. The lowest BCUT2D eigenvalue weighted by atomic mass is 9.91. The topological polar surface area (TPSA) is 33.1 Å². The quantitative estimate of drug-likeness (QED) is 0.905. The zero-order valence-electron chi connectivity index (χ0n) is 10.1. The van der Waals surface area contributed by atoms with Crippen molar-refractivity contribution in [2.24, 2.45) is 0 Å². The highest BCUT2D eigenvalue weighted by atomic mass is 19.4. The van der Waals surface area contributed by atoms with Crippen LogP contribution in [0.2, 0.25) is 0 Å². The van der Waals surface area contributed by atoms with Crippen molar-refractivity contribution >= 4 is 0 Å². The number of pyridine rings is 1. The maximum absolute atomic E-state index is 12.7. The summed E-state index contributed by atoms with van der Waals surface area (Å²) < 4.78 is 38.0. The van der Waals surface area contributed by atoms with E-state index in [9.17, 15) is 18.3 Å². The van der Waals surface area contributed by atoms with Crippen molar-refractivity contribution < 1.29 is 18.3 Å². The highest BCUT2D eigenvalue weighted by Gasteiger charge is 2.33. The molecule has 1 aromatic heterocycles. The van der Waals surface area contributed by atoms with Crippen LogP contribution >= 0.6 is 0 Å². The van der Waals surface area contributed by atoms with Crippen molar-refractivity contribution in [1.82, 2.24) is 4.98 Å². The Morgan fingerprint density at radius 3 is 2.26 bits per heavy atom. The lowest BCUT2D eigenvalue weighted by molar-refractivity contribution is -0.137. The van der Waals surface area contributed by atoms with Gasteiger partial charge >= 0.3 is 6.18 Å². The third-order valence-electron chi connectivity index (χ3n) is 2.92. The molecular weight excluding hydrogens is 255 g/mol. The van der Waals surface area contributed by atoms with Crippen molar-refractivity contribution in [3.8, 4) is 0 Å². The van der Waals surface area contributed by atoms with E-state index in [1.165, 1.54) is 25.3 Å². The van der Waals surface area contributed by atoms with Gasteiger partial charge in [-0.25, -0.2) is 0 Å². The second kappa shape index (κ2) is 4.66. The number of aliphatic hydroxyl groups is 1. The predicted octanol–water partition coefficient (Wildman–Crippen LogP) is 3.36. The van der Waals surface area contributed by atoms with Gasteiger partial charge in [0, 0.05) is 6.20 Å². The fourth-order valence-electron chi connectivity index (χ4n) is 1.80. The van der Waals surface area contributed by atoms with Crippen LogP contribution in [0, 0.1) is 0 Å². The monoisotopic (exact) mass is 267 g/mol. The van der Waals surface area contributed by atoms with Crippen LogP contribution in [0.15, 0.2) is 48.7 Å². The third-order valence-corrected chi connectivity index (χ3v) is 2.92. The molecule has 1 atom stereocenters. The molecule has 0 saturated carbocycles. The molecule has 0 amide bonds. The molecule has 1 N–H and O–H groups in total. The van der Waals surface area contributed by atoms with E-state index in [4.69, 9.17) is 0 Å². The second-order valence-electron chi connectivity index (χ2n) is 4.37. The molecule has 1 unspecified atom stereocenters.